The van der Waals surface area contributed by atoms with E-state index in [9.17, 15) is 22.8 Å². The van der Waals surface area contributed by atoms with Gasteiger partial charge in [0.1, 0.15) is 12.4 Å². The number of anilines is 1. The number of aromatic carboxylic acids is 1. The van der Waals surface area contributed by atoms with E-state index in [0.717, 1.165) is 12.1 Å². The Morgan fingerprint density at radius 2 is 1.62 bits per heavy atom. The van der Waals surface area contributed by atoms with Crippen molar-refractivity contribution < 1.29 is 32.6 Å². The van der Waals surface area contributed by atoms with Crippen LogP contribution in [-0.4, -0.2) is 23.0 Å². The zero-order chi connectivity index (χ0) is 24.9. The highest BCUT2D eigenvalue weighted by molar-refractivity contribution is 6.07. The van der Waals surface area contributed by atoms with Gasteiger partial charge >= 0.3 is 12.1 Å². The lowest BCUT2D eigenvalue weighted by molar-refractivity contribution is -0.137. The first-order valence-corrected chi connectivity index (χ1v) is 10.7. The normalized spacial score (nSPS) is 12.1. The third-order valence-electron chi connectivity index (χ3n) is 5.41. The Labute approximate surface area is 195 Å². The van der Waals surface area contributed by atoms with Gasteiger partial charge in [0.05, 0.1) is 16.8 Å². The van der Waals surface area contributed by atoms with Crippen molar-refractivity contribution in [2.45, 2.75) is 39.1 Å². The summed E-state index contributed by atoms with van der Waals surface area (Å²) in [6.45, 7) is 3.58. The molecule has 3 aromatic carbocycles. The van der Waals surface area contributed by atoms with E-state index >= 15 is 0 Å². The predicted molar refractivity (Wildman–Crippen MR) is 122 cm³/mol. The van der Waals surface area contributed by atoms with E-state index in [2.05, 4.69) is 0 Å². The number of hydrogen-bond donors (Lipinski definition) is 1. The zero-order valence-corrected chi connectivity index (χ0v) is 18.7. The molecule has 8 heteroatoms. The van der Waals surface area contributed by atoms with Crippen molar-refractivity contribution in [3.8, 4) is 5.75 Å². The van der Waals surface area contributed by atoms with E-state index in [1.165, 1.54) is 35.2 Å². The van der Waals surface area contributed by atoms with Crippen LogP contribution in [-0.2, 0) is 12.8 Å². The third kappa shape index (κ3) is 5.75. The van der Waals surface area contributed by atoms with E-state index < -0.39 is 17.7 Å². The smallest absolute Gasteiger partial charge is 0.416 e. The number of hydrogen-bond acceptors (Lipinski definition) is 3. The van der Waals surface area contributed by atoms with Gasteiger partial charge in [0, 0.05) is 11.6 Å². The molecule has 0 radical (unpaired) electrons. The highest BCUT2D eigenvalue weighted by atomic mass is 19.4. The molecule has 0 saturated heterocycles. The first-order valence-electron chi connectivity index (χ1n) is 10.7. The van der Waals surface area contributed by atoms with Crippen molar-refractivity contribution >= 4 is 17.6 Å². The Bertz CT molecular complexity index is 1140. The number of nitrogens with zero attached hydrogens (tertiary/aromatic N) is 1. The van der Waals surface area contributed by atoms with Gasteiger partial charge in [-0.25, -0.2) is 4.79 Å². The van der Waals surface area contributed by atoms with Crippen molar-refractivity contribution in [1.82, 2.24) is 0 Å². The Morgan fingerprint density at radius 1 is 0.971 bits per heavy atom. The number of alkyl halides is 3. The van der Waals surface area contributed by atoms with Gasteiger partial charge in [0.2, 0.25) is 0 Å². The van der Waals surface area contributed by atoms with Crippen molar-refractivity contribution in [3.05, 3.63) is 95.1 Å². The summed E-state index contributed by atoms with van der Waals surface area (Å²) in [6.07, 6.45) is -4.03. The number of ether oxygens (including phenoxy) is 1. The molecule has 0 aliphatic heterocycles. The molecule has 0 fully saturated rings. The third-order valence-corrected chi connectivity index (χ3v) is 5.41. The monoisotopic (exact) mass is 471 g/mol. The van der Waals surface area contributed by atoms with Gasteiger partial charge in [0.25, 0.3) is 5.91 Å². The predicted octanol–water partition coefficient (Wildman–Crippen LogP) is 6.43. The summed E-state index contributed by atoms with van der Waals surface area (Å²) in [6, 6.07) is 17.1. The maximum atomic E-state index is 13.4. The number of carboxylic acids is 1. The van der Waals surface area contributed by atoms with Gasteiger partial charge < -0.3 is 14.7 Å². The molecule has 1 atom stereocenters. The number of carbonyl (C=O) groups excluding carboxylic acids is 1. The van der Waals surface area contributed by atoms with Crippen LogP contribution >= 0.6 is 0 Å². The summed E-state index contributed by atoms with van der Waals surface area (Å²) in [5.74, 6) is -1.54. The number of halogens is 3. The van der Waals surface area contributed by atoms with Crippen LogP contribution in [0.3, 0.4) is 0 Å². The fraction of sp³-hybridized carbons (Fsp3) is 0.231. The van der Waals surface area contributed by atoms with E-state index in [-0.39, 0.29) is 35.6 Å². The molecule has 1 amide bonds. The highest BCUT2D eigenvalue weighted by Gasteiger charge is 2.33. The largest absolute Gasteiger partial charge is 0.487 e. The lowest BCUT2D eigenvalue weighted by atomic mass is 10.1. The SMILES string of the molecule is CCC(C)N(C(=O)c1ccccc1)c1ccc(C(F)(F)F)cc1OCc1ccc(C(=O)O)cc1. The lowest BCUT2D eigenvalue weighted by Gasteiger charge is -2.31. The van der Waals surface area contributed by atoms with Crippen LogP contribution in [0.25, 0.3) is 0 Å². The fourth-order valence-electron chi connectivity index (χ4n) is 3.36. The van der Waals surface area contributed by atoms with Gasteiger partial charge in [-0.05, 0) is 61.4 Å². The molecule has 5 nitrogen and oxygen atoms in total. The maximum Gasteiger partial charge on any atom is 0.416 e. The molecule has 0 aromatic heterocycles. The van der Waals surface area contributed by atoms with Gasteiger partial charge in [-0.15, -0.1) is 0 Å². The number of carbonyl (C=O) groups is 2. The standard InChI is InChI=1S/C26H24F3NO4/c1-3-17(2)30(24(31)19-7-5-4-6-8-19)22-14-13-21(26(27,28)29)15-23(22)34-16-18-9-11-20(12-10-18)25(32)33/h4-15,17H,3,16H2,1-2H3,(H,32,33). The lowest BCUT2D eigenvalue weighted by Crippen LogP contribution is -2.38. The fourth-order valence-corrected chi connectivity index (χ4v) is 3.36. The molecule has 0 aliphatic carbocycles. The van der Waals surface area contributed by atoms with Crippen molar-refractivity contribution in [2.75, 3.05) is 4.90 Å². The Kier molecular flexibility index (Phi) is 7.61. The minimum absolute atomic E-state index is 0.0833. The Balaban J connectivity index is 2.01. The molecule has 0 aliphatic rings. The quantitative estimate of drug-likeness (QED) is 0.411. The first-order chi connectivity index (χ1) is 16.1. The Morgan fingerprint density at radius 3 is 2.18 bits per heavy atom. The van der Waals surface area contributed by atoms with E-state index in [1.54, 1.807) is 30.3 Å². The summed E-state index contributed by atoms with van der Waals surface area (Å²) >= 11 is 0. The molecule has 3 aromatic rings. The summed E-state index contributed by atoms with van der Waals surface area (Å²) < 4.78 is 46.1. The molecule has 1 unspecified atom stereocenters. The molecule has 0 saturated carbocycles. The molecule has 0 spiro atoms. The molecule has 3 rings (SSSR count). The maximum absolute atomic E-state index is 13.4. The number of carboxylic acid groups (broad SMARTS) is 1. The van der Waals surface area contributed by atoms with Crippen LogP contribution in [0.5, 0.6) is 5.75 Å². The minimum Gasteiger partial charge on any atom is -0.487 e. The van der Waals surface area contributed by atoms with Crippen molar-refractivity contribution in [1.29, 1.82) is 0 Å². The molecule has 34 heavy (non-hydrogen) atoms. The Hall–Kier alpha value is -3.81. The van der Waals surface area contributed by atoms with Gasteiger partial charge in [0.15, 0.2) is 0 Å². The summed E-state index contributed by atoms with van der Waals surface area (Å²) in [5.41, 5.74) is 0.373. The van der Waals surface area contributed by atoms with Gasteiger partial charge in [-0.1, -0.05) is 37.3 Å². The van der Waals surface area contributed by atoms with Crippen LogP contribution in [0.2, 0.25) is 0 Å². The molecule has 0 bridgehead atoms. The average molecular weight is 471 g/mol. The number of benzene rings is 3. The zero-order valence-electron chi connectivity index (χ0n) is 18.7. The molecular weight excluding hydrogens is 447 g/mol. The second-order valence-electron chi connectivity index (χ2n) is 7.77. The summed E-state index contributed by atoms with van der Waals surface area (Å²) in [7, 11) is 0. The average Bonchev–Trinajstić information content (AvgIpc) is 2.83. The van der Waals surface area contributed by atoms with Crippen LogP contribution in [0.4, 0.5) is 18.9 Å². The van der Waals surface area contributed by atoms with Crippen molar-refractivity contribution in [3.63, 3.8) is 0 Å². The molecule has 178 valence electrons. The second kappa shape index (κ2) is 10.4. The topological polar surface area (TPSA) is 66.8 Å². The molecular formula is C26H24F3NO4. The number of amides is 1. The number of rotatable bonds is 8. The van der Waals surface area contributed by atoms with Gasteiger partial charge in [-0.2, -0.15) is 13.2 Å². The van der Waals surface area contributed by atoms with Crippen LogP contribution in [0, 0.1) is 0 Å². The minimum atomic E-state index is -4.59. The van der Waals surface area contributed by atoms with E-state index in [1.807, 2.05) is 13.8 Å². The molecule has 0 heterocycles. The van der Waals surface area contributed by atoms with Crippen LogP contribution < -0.4 is 9.64 Å². The van der Waals surface area contributed by atoms with Crippen LogP contribution in [0.15, 0.2) is 72.8 Å². The van der Waals surface area contributed by atoms with E-state index in [4.69, 9.17) is 9.84 Å². The second-order valence-corrected chi connectivity index (χ2v) is 7.77. The van der Waals surface area contributed by atoms with Crippen molar-refractivity contribution in [2.24, 2.45) is 0 Å². The van der Waals surface area contributed by atoms with Gasteiger partial charge in [-0.3, -0.25) is 4.79 Å². The molecule has 1 N–H and O–H groups in total. The van der Waals surface area contributed by atoms with E-state index in [0.29, 0.717) is 17.5 Å². The first kappa shape index (κ1) is 24.8. The van der Waals surface area contributed by atoms with Crippen LogP contribution in [0.1, 0.15) is 52.1 Å². The highest BCUT2D eigenvalue weighted by Crippen LogP contribution is 2.38. The summed E-state index contributed by atoms with van der Waals surface area (Å²) in [4.78, 5) is 25.8. The summed E-state index contributed by atoms with van der Waals surface area (Å²) in [5, 5.41) is 9.03.